The number of esters is 1. The van der Waals surface area contributed by atoms with Gasteiger partial charge in [0.15, 0.2) is 0 Å². The smallest absolute Gasteiger partial charge is 0.409 e. The Morgan fingerprint density at radius 3 is 2.52 bits per heavy atom. The molecule has 0 bridgehead atoms. The Morgan fingerprint density at radius 2 is 1.92 bits per heavy atom. The van der Waals surface area contributed by atoms with Gasteiger partial charge in [0.05, 0.1) is 30.8 Å². The number of halogens is 1. The summed E-state index contributed by atoms with van der Waals surface area (Å²) in [5.41, 5.74) is 1.73. The van der Waals surface area contributed by atoms with Crippen molar-refractivity contribution in [2.75, 3.05) is 44.8 Å². The van der Waals surface area contributed by atoms with E-state index in [-0.39, 0.29) is 18.5 Å². The summed E-state index contributed by atoms with van der Waals surface area (Å²) >= 11 is 6.37. The summed E-state index contributed by atoms with van der Waals surface area (Å²) in [5, 5.41) is 0.598. The normalized spacial score (nSPS) is 14.4. The van der Waals surface area contributed by atoms with E-state index in [9.17, 15) is 9.59 Å². The van der Waals surface area contributed by atoms with Gasteiger partial charge in [0.1, 0.15) is 0 Å². The van der Waals surface area contributed by atoms with Gasteiger partial charge in [-0.05, 0) is 24.1 Å². The minimum atomic E-state index is -0.293. The van der Waals surface area contributed by atoms with Crippen LogP contribution in [0.1, 0.15) is 25.3 Å². The fourth-order valence-corrected chi connectivity index (χ4v) is 3.00. The van der Waals surface area contributed by atoms with Gasteiger partial charge in [-0.3, -0.25) is 4.79 Å². The molecule has 0 atom stereocenters. The van der Waals surface area contributed by atoms with Gasteiger partial charge in [-0.15, -0.1) is 0 Å². The molecule has 1 amide bonds. The van der Waals surface area contributed by atoms with E-state index in [0.29, 0.717) is 37.8 Å². The summed E-state index contributed by atoms with van der Waals surface area (Å²) in [6, 6.07) is 5.58. The molecule has 0 radical (unpaired) electrons. The number of hydrogen-bond acceptors (Lipinski definition) is 5. The summed E-state index contributed by atoms with van der Waals surface area (Å²) in [4.78, 5) is 27.2. The first-order valence-corrected chi connectivity index (χ1v) is 8.94. The molecule has 0 unspecified atom stereocenters. The molecule has 1 aromatic carbocycles. The Kier molecular flexibility index (Phi) is 7.37. The third kappa shape index (κ3) is 5.53. The molecular weight excluding hydrogens is 344 g/mol. The first-order chi connectivity index (χ1) is 12.0. The van der Waals surface area contributed by atoms with Crippen LogP contribution in [0, 0.1) is 0 Å². The number of rotatable bonds is 6. The highest BCUT2D eigenvalue weighted by molar-refractivity contribution is 6.33. The Labute approximate surface area is 153 Å². The number of ether oxygens (including phenoxy) is 2. The second-order valence-corrected chi connectivity index (χ2v) is 6.39. The molecule has 1 aliphatic rings. The van der Waals surface area contributed by atoms with Crippen LogP contribution in [0.25, 0.3) is 0 Å². The van der Waals surface area contributed by atoms with Gasteiger partial charge in [0, 0.05) is 26.2 Å². The minimum Gasteiger partial charge on any atom is -0.469 e. The van der Waals surface area contributed by atoms with Gasteiger partial charge in [-0.25, -0.2) is 4.79 Å². The third-order valence-electron chi connectivity index (χ3n) is 4.19. The maximum Gasteiger partial charge on any atom is 0.409 e. The Morgan fingerprint density at radius 1 is 1.20 bits per heavy atom. The monoisotopic (exact) mass is 368 g/mol. The highest BCUT2D eigenvalue weighted by atomic mass is 35.5. The third-order valence-corrected chi connectivity index (χ3v) is 4.49. The van der Waals surface area contributed by atoms with Crippen LogP contribution in [0.15, 0.2) is 18.2 Å². The Bertz CT molecular complexity index is 601. The van der Waals surface area contributed by atoms with Crippen molar-refractivity contribution >= 4 is 29.4 Å². The molecule has 7 heteroatoms. The van der Waals surface area contributed by atoms with Crippen LogP contribution in [0.2, 0.25) is 5.02 Å². The molecule has 25 heavy (non-hydrogen) atoms. The van der Waals surface area contributed by atoms with Gasteiger partial charge in [0.25, 0.3) is 0 Å². The predicted molar refractivity (Wildman–Crippen MR) is 97.2 cm³/mol. The lowest BCUT2D eigenvalue weighted by Gasteiger charge is -2.36. The van der Waals surface area contributed by atoms with Crippen molar-refractivity contribution in [1.82, 2.24) is 4.90 Å². The number of piperazine rings is 1. The van der Waals surface area contributed by atoms with Crippen molar-refractivity contribution in [2.24, 2.45) is 0 Å². The van der Waals surface area contributed by atoms with Crippen LogP contribution < -0.4 is 4.90 Å². The van der Waals surface area contributed by atoms with Gasteiger partial charge >= 0.3 is 12.1 Å². The van der Waals surface area contributed by atoms with E-state index >= 15 is 0 Å². The highest BCUT2D eigenvalue weighted by Gasteiger charge is 2.23. The van der Waals surface area contributed by atoms with Crippen molar-refractivity contribution in [1.29, 1.82) is 0 Å². The van der Waals surface area contributed by atoms with Gasteiger partial charge in [0.2, 0.25) is 0 Å². The highest BCUT2D eigenvalue weighted by Crippen LogP contribution is 2.28. The molecule has 0 saturated carbocycles. The molecule has 1 fully saturated rings. The molecule has 1 aromatic rings. The van der Waals surface area contributed by atoms with Crippen LogP contribution in [0.5, 0.6) is 0 Å². The van der Waals surface area contributed by atoms with E-state index in [4.69, 9.17) is 16.3 Å². The lowest BCUT2D eigenvalue weighted by atomic mass is 10.1. The zero-order chi connectivity index (χ0) is 18.2. The van der Waals surface area contributed by atoms with Crippen molar-refractivity contribution < 1.29 is 19.1 Å². The van der Waals surface area contributed by atoms with Crippen LogP contribution in [-0.4, -0.2) is 56.9 Å². The van der Waals surface area contributed by atoms with Crippen molar-refractivity contribution in [2.45, 2.75) is 26.2 Å². The molecule has 1 saturated heterocycles. The fourth-order valence-electron chi connectivity index (χ4n) is 2.68. The van der Waals surface area contributed by atoms with Crippen molar-refractivity contribution in [3.63, 3.8) is 0 Å². The summed E-state index contributed by atoms with van der Waals surface area (Å²) < 4.78 is 9.92. The minimum absolute atomic E-state index is 0.202. The standard InChI is InChI=1S/C18H25ClN2O4/c1-3-4-11-25-18(23)21-9-7-20(8-10-21)16-6-5-14(12-15(16)19)13-17(22)24-2/h5-6,12H,3-4,7-11,13H2,1-2H3. The zero-order valence-electron chi connectivity index (χ0n) is 14.8. The van der Waals surface area contributed by atoms with Gasteiger partial charge in [-0.1, -0.05) is 31.0 Å². The topological polar surface area (TPSA) is 59.1 Å². The number of benzene rings is 1. The lowest BCUT2D eigenvalue weighted by Crippen LogP contribution is -2.49. The van der Waals surface area contributed by atoms with E-state index in [1.54, 1.807) is 11.0 Å². The number of nitrogens with zero attached hydrogens (tertiary/aromatic N) is 2. The number of carbonyl (C=O) groups excluding carboxylic acids is 2. The number of amides is 1. The number of carbonyl (C=O) groups is 2. The zero-order valence-corrected chi connectivity index (χ0v) is 15.6. The maximum atomic E-state index is 12.0. The van der Waals surface area contributed by atoms with Crippen LogP contribution >= 0.6 is 11.6 Å². The van der Waals surface area contributed by atoms with E-state index in [1.807, 2.05) is 12.1 Å². The second-order valence-electron chi connectivity index (χ2n) is 5.98. The molecule has 2 rings (SSSR count). The molecule has 138 valence electrons. The number of unbranched alkanes of at least 4 members (excludes halogenated alkanes) is 1. The Hall–Kier alpha value is -1.95. The largest absolute Gasteiger partial charge is 0.469 e. The molecular formula is C18H25ClN2O4. The molecule has 0 spiro atoms. The van der Waals surface area contributed by atoms with Crippen LogP contribution in [-0.2, 0) is 20.7 Å². The van der Waals surface area contributed by atoms with Gasteiger partial charge in [-0.2, -0.15) is 0 Å². The lowest BCUT2D eigenvalue weighted by molar-refractivity contribution is -0.139. The average Bonchev–Trinajstić information content (AvgIpc) is 2.62. The quantitative estimate of drug-likeness (QED) is 0.570. The summed E-state index contributed by atoms with van der Waals surface area (Å²) in [6.45, 7) is 5.13. The molecule has 6 nitrogen and oxygen atoms in total. The number of hydrogen-bond donors (Lipinski definition) is 0. The molecule has 0 aromatic heterocycles. The molecule has 1 heterocycles. The fraction of sp³-hybridized carbons (Fsp3) is 0.556. The van der Waals surface area contributed by atoms with E-state index < -0.39 is 0 Å². The first-order valence-electron chi connectivity index (χ1n) is 8.57. The number of methoxy groups -OCH3 is 1. The van der Waals surface area contributed by atoms with Gasteiger partial charge < -0.3 is 19.3 Å². The maximum absolute atomic E-state index is 12.0. The van der Waals surface area contributed by atoms with Crippen molar-refractivity contribution in [3.8, 4) is 0 Å². The molecule has 0 aliphatic carbocycles. The SMILES string of the molecule is CCCCOC(=O)N1CCN(c2ccc(CC(=O)OC)cc2Cl)CC1. The summed E-state index contributed by atoms with van der Waals surface area (Å²) in [6.07, 6.45) is 1.85. The van der Waals surface area contributed by atoms with Crippen molar-refractivity contribution in [3.05, 3.63) is 28.8 Å². The molecule has 1 aliphatic heterocycles. The second kappa shape index (κ2) is 9.51. The van der Waals surface area contributed by atoms with Crippen LogP contribution in [0.4, 0.5) is 10.5 Å². The van der Waals surface area contributed by atoms with E-state index in [2.05, 4.69) is 16.6 Å². The average molecular weight is 369 g/mol. The summed E-state index contributed by atoms with van der Waals surface area (Å²) in [7, 11) is 1.37. The predicted octanol–water partition coefficient (Wildman–Crippen LogP) is 3.11. The van der Waals surface area contributed by atoms with E-state index in [0.717, 1.165) is 24.1 Å². The Balaban J connectivity index is 1.90. The van der Waals surface area contributed by atoms with Crippen LogP contribution in [0.3, 0.4) is 0 Å². The molecule has 0 N–H and O–H groups in total. The first kappa shape index (κ1) is 19.4. The number of anilines is 1. The van der Waals surface area contributed by atoms with E-state index in [1.165, 1.54) is 7.11 Å². The summed E-state index contributed by atoms with van der Waals surface area (Å²) in [5.74, 6) is -0.293.